The van der Waals surface area contributed by atoms with Gasteiger partial charge in [-0.2, -0.15) is 0 Å². The average Bonchev–Trinajstić information content (AvgIpc) is 2.97. The van der Waals surface area contributed by atoms with Gasteiger partial charge in [-0.25, -0.2) is 0 Å². The third kappa shape index (κ3) is 3.97. The van der Waals surface area contributed by atoms with Gasteiger partial charge in [0.2, 0.25) is 5.91 Å². The predicted molar refractivity (Wildman–Crippen MR) is 102 cm³/mol. The zero-order valence-corrected chi connectivity index (χ0v) is 15.1. The molecule has 0 saturated carbocycles. The van der Waals surface area contributed by atoms with Crippen molar-refractivity contribution in [3.8, 4) is 0 Å². The molecule has 4 nitrogen and oxygen atoms in total. The van der Waals surface area contributed by atoms with Gasteiger partial charge in [-0.05, 0) is 48.7 Å². The van der Waals surface area contributed by atoms with E-state index in [1.54, 1.807) is 0 Å². The number of aromatic amines is 1. The van der Waals surface area contributed by atoms with Crippen LogP contribution in [-0.2, 0) is 11.2 Å². The second-order valence-corrected chi connectivity index (χ2v) is 6.69. The fourth-order valence-corrected chi connectivity index (χ4v) is 3.21. The summed E-state index contributed by atoms with van der Waals surface area (Å²) in [5, 5.41) is 7.35. The van der Waals surface area contributed by atoms with Gasteiger partial charge in [0.15, 0.2) is 0 Å². The van der Waals surface area contributed by atoms with Gasteiger partial charge in [0.25, 0.3) is 0 Å². The molecule has 24 heavy (non-hydrogen) atoms. The highest BCUT2D eigenvalue weighted by atomic mass is 79.9. The molecule has 0 atom stereocenters. The summed E-state index contributed by atoms with van der Waals surface area (Å²) in [7, 11) is 0. The molecule has 0 bridgehead atoms. The topological polar surface area (TPSA) is 56.9 Å². The number of H-pyrrole nitrogens is 1. The highest BCUT2D eigenvalue weighted by Crippen LogP contribution is 2.20. The van der Waals surface area contributed by atoms with E-state index in [4.69, 9.17) is 0 Å². The summed E-state index contributed by atoms with van der Waals surface area (Å²) in [6, 6.07) is 14.2. The summed E-state index contributed by atoms with van der Waals surface area (Å²) in [6.07, 6.45) is 2.83. The molecule has 1 heterocycles. The first-order valence-corrected chi connectivity index (χ1v) is 8.74. The molecule has 3 aromatic rings. The van der Waals surface area contributed by atoms with E-state index in [-0.39, 0.29) is 12.5 Å². The van der Waals surface area contributed by atoms with Gasteiger partial charge < -0.3 is 15.6 Å². The summed E-state index contributed by atoms with van der Waals surface area (Å²) < 4.78 is 1.04. The molecule has 0 spiro atoms. The zero-order chi connectivity index (χ0) is 16.9. The standard InChI is InChI=1S/C19H20BrN3O/c1-13-10-15(20)6-7-17(13)23-12-19(24)21-9-8-14-11-22-18-5-3-2-4-16(14)18/h2-7,10-11,22-23H,8-9,12H2,1H3,(H,21,24). The van der Waals surface area contributed by atoms with Crippen molar-refractivity contribution >= 4 is 38.4 Å². The number of aromatic nitrogens is 1. The Balaban J connectivity index is 1.47. The molecule has 0 aliphatic heterocycles. The Labute approximate surface area is 149 Å². The minimum Gasteiger partial charge on any atom is -0.376 e. The Morgan fingerprint density at radius 2 is 2.04 bits per heavy atom. The lowest BCUT2D eigenvalue weighted by Gasteiger charge is -2.10. The normalized spacial score (nSPS) is 10.8. The van der Waals surface area contributed by atoms with E-state index in [1.165, 1.54) is 10.9 Å². The molecule has 0 saturated heterocycles. The Bertz CT molecular complexity index is 857. The van der Waals surface area contributed by atoms with Crippen LogP contribution in [0.1, 0.15) is 11.1 Å². The molecule has 5 heteroatoms. The average molecular weight is 386 g/mol. The van der Waals surface area contributed by atoms with Crippen molar-refractivity contribution in [3.63, 3.8) is 0 Å². The van der Waals surface area contributed by atoms with E-state index in [2.05, 4.69) is 43.7 Å². The van der Waals surface area contributed by atoms with Crippen LogP contribution >= 0.6 is 15.9 Å². The first kappa shape index (κ1) is 16.6. The number of anilines is 1. The SMILES string of the molecule is Cc1cc(Br)ccc1NCC(=O)NCCc1c[nH]c2ccccc12. The number of para-hydroxylation sites is 1. The number of benzene rings is 2. The van der Waals surface area contributed by atoms with Gasteiger partial charge in [0.1, 0.15) is 0 Å². The van der Waals surface area contributed by atoms with Crippen LogP contribution in [0.5, 0.6) is 0 Å². The maximum absolute atomic E-state index is 12.0. The summed E-state index contributed by atoms with van der Waals surface area (Å²) >= 11 is 3.44. The van der Waals surface area contributed by atoms with Crippen LogP contribution < -0.4 is 10.6 Å². The maximum Gasteiger partial charge on any atom is 0.239 e. The number of carbonyl (C=O) groups is 1. The lowest BCUT2D eigenvalue weighted by molar-refractivity contribution is -0.119. The van der Waals surface area contributed by atoms with Crippen LogP contribution in [0.2, 0.25) is 0 Å². The lowest BCUT2D eigenvalue weighted by atomic mass is 10.1. The number of hydrogen-bond acceptors (Lipinski definition) is 2. The zero-order valence-electron chi connectivity index (χ0n) is 13.5. The Kier molecular flexibility index (Phi) is 5.20. The maximum atomic E-state index is 12.0. The molecular weight excluding hydrogens is 366 g/mol. The smallest absolute Gasteiger partial charge is 0.239 e. The first-order chi connectivity index (χ1) is 11.6. The lowest BCUT2D eigenvalue weighted by Crippen LogP contribution is -2.31. The molecule has 1 amide bonds. The Morgan fingerprint density at radius 1 is 1.21 bits per heavy atom. The second-order valence-electron chi connectivity index (χ2n) is 5.77. The van der Waals surface area contributed by atoms with Crippen LogP contribution in [0.15, 0.2) is 53.1 Å². The van der Waals surface area contributed by atoms with Crippen LogP contribution in [0.25, 0.3) is 10.9 Å². The summed E-state index contributed by atoms with van der Waals surface area (Å²) in [4.78, 5) is 15.3. The van der Waals surface area contributed by atoms with Gasteiger partial charge in [-0.15, -0.1) is 0 Å². The number of hydrogen-bond donors (Lipinski definition) is 3. The van der Waals surface area contributed by atoms with Crippen LogP contribution in [0.4, 0.5) is 5.69 Å². The van der Waals surface area contributed by atoms with Crippen LogP contribution in [0, 0.1) is 6.92 Å². The van der Waals surface area contributed by atoms with E-state index in [9.17, 15) is 4.79 Å². The second kappa shape index (κ2) is 7.53. The third-order valence-electron chi connectivity index (χ3n) is 4.02. The molecule has 0 unspecified atom stereocenters. The van der Waals surface area contributed by atoms with Gasteiger partial charge in [-0.1, -0.05) is 34.1 Å². The number of nitrogens with one attached hydrogen (secondary N) is 3. The highest BCUT2D eigenvalue weighted by molar-refractivity contribution is 9.10. The van der Waals surface area contributed by atoms with Crippen molar-refractivity contribution in [1.29, 1.82) is 0 Å². The molecule has 1 aromatic heterocycles. The van der Waals surface area contributed by atoms with E-state index >= 15 is 0 Å². The number of rotatable bonds is 6. The third-order valence-corrected chi connectivity index (χ3v) is 4.51. The Hall–Kier alpha value is -2.27. The largest absolute Gasteiger partial charge is 0.376 e. The first-order valence-electron chi connectivity index (χ1n) is 7.95. The molecule has 0 aliphatic carbocycles. The summed E-state index contributed by atoms with van der Waals surface area (Å²) in [5.74, 6) is -0.00263. The molecule has 3 rings (SSSR count). The number of fused-ring (bicyclic) bond motifs is 1. The van der Waals surface area contributed by atoms with Crippen molar-refractivity contribution in [3.05, 3.63) is 64.3 Å². The van der Waals surface area contributed by atoms with Crippen molar-refractivity contribution in [2.75, 3.05) is 18.4 Å². The number of aryl methyl sites for hydroxylation is 1. The molecule has 124 valence electrons. The van der Waals surface area contributed by atoms with E-state index in [1.807, 2.05) is 43.5 Å². The number of amides is 1. The Morgan fingerprint density at radius 3 is 2.88 bits per heavy atom. The van der Waals surface area contributed by atoms with Crippen molar-refractivity contribution in [1.82, 2.24) is 10.3 Å². The van der Waals surface area contributed by atoms with Gasteiger partial charge >= 0.3 is 0 Å². The van der Waals surface area contributed by atoms with Gasteiger partial charge in [0, 0.05) is 33.8 Å². The van der Waals surface area contributed by atoms with Gasteiger partial charge in [0.05, 0.1) is 6.54 Å². The summed E-state index contributed by atoms with van der Waals surface area (Å²) in [6.45, 7) is 2.92. The van der Waals surface area contributed by atoms with Crippen LogP contribution in [0.3, 0.4) is 0 Å². The fourth-order valence-electron chi connectivity index (χ4n) is 2.74. The van der Waals surface area contributed by atoms with Crippen molar-refractivity contribution in [2.45, 2.75) is 13.3 Å². The van der Waals surface area contributed by atoms with Crippen LogP contribution in [-0.4, -0.2) is 24.0 Å². The quantitative estimate of drug-likeness (QED) is 0.600. The van der Waals surface area contributed by atoms with E-state index in [0.717, 1.165) is 27.7 Å². The minimum absolute atomic E-state index is 0.00263. The van der Waals surface area contributed by atoms with Crippen molar-refractivity contribution < 1.29 is 4.79 Å². The predicted octanol–water partition coefficient (Wildman–Crippen LogP) is 4.01. The van der Waals surface area contributed by atoms with E-state index in [0.29, 0.717) is 6.54 Å². The molecule has 2 aromatic carbocycles. The van der Waals surface area contributed by atoms with Gasteiger partial charge in [-0.3, -0.25) is 4.79 Å². The monoisotopic (exact) mass is 385 g/mol. The fraction of sp³-hybridized carbons (Fsp3) is 0.211. The molecule has 0 radical (unpaired) electrons. The van der Waals surface area contributed by atoms with Crippen molar-refractivity contribution in [2.24, 2.45) is 0 Å². The number of carbonyl (C=O) groups excluding carboxylic acids is 1. The molecule has 0 aliphatic rings. The molecular formula is C19H20BrN3O. The number of halogens is 1. The molecule has 3 N–H and O–H groups in total. The molecule has 0 fully saturated rings. The summed E-state index contributed by atoms with van der Waals surface area (Å²) in [5.41, 5.74) is 4.44. The minimum atomic E-state index is -0.00263. The highest BCUT2D eigenvalue weighted by Gasteiger charge is 2.05. The van der Waals surface area contributed by atoms with E-state index < -0.39 is 0 Å².